The third kappa shape index (κ3) is 3.67. The van der Waals surface area contributed by atoms with Crippen LogP contribution in [-0.4, -0.2) is 23.4 Å². The number of rotatable bonds is 5. The molecule has 1 aromatic carbocycles. The molecule has 104 valence electrons. The topological polar surface area (TPSA) is 72.4 Å². The van der Waals surface area contributed by atoms with Crippen LogP contribution in [0.3, 0.4) is 0 Å². The summed E-state index contributed by atoms with van der Waals surface area (Å²) in [6.45, 7) is 1.71. The molecule has 0 aliphatic heterocycles. The summed E-state index contributed by atoms with van der Waals surface area (Å²) in [4.78, 5) is 12.6. The summed E-state index contributed by atoms with van der Waals surface area (Å²) in [6.07, 6.45) is 5.26. The van der Waals surface area contributed by atoms with Gasteiger partial charge in [-0.2, -0.15) is 0 Å². The van der Waals surface area contributed by atoms with E-state index in [9.17, 15) is 10.1 Å². The second kappa shape index (κ2) is 6.02. The molecule has 0 aromatic heterocycles. The van der Waals surface area contributed by atoms with E-state index in [0.29, 0.717) is 12.2 Å². The zero-order chi connectivity index (χ0) is 13.8. The summed E-state index contributed by atoms with van der Waals surface area (Å²) in [5.41, 5.74) is 7.48. The number of hydrogen-bond donors (Lipinski definition) is 1. The lowest BCUT2D eigenvalue weighted by atomic mass is 10.1. The number of nitrogen functional groups attached to an aromatic ring is 1. The van der Waals surface area contributed by atoms with Crippen LogP contribution in [-0.2, 0) is 6.54 Å². The van der Waals surface area contributed by atoms with Gasteiger partial charge in [0.1, 0.15) is 0 Å². The molecule has 1 aliphatic rings. The van der Waals surface area contributed by atoms with Gasteiger partial charge in [0.05, 0.1) is 4.92 Å². The Morgan fingerprint density at radius 2 is 2.11 bits per heavy atom. The number of benzene rings is 1. The van der Waals surface area contributed by atoms with Crippen molar-refractivity contribution in [3.63, 3.8) is 0 Å². The fraction of sp³-hybridized carbons (Fsp3) is 0.571. The zero-order valence-electron chi connectivity index (χ0n) is 11.3. The lowest BCUT2D eigenvalue weighted by molar-refractivity contribution is -0.384. The molecule has 1 aromatic rings. The highest BCUT2D eigenvalue weighted by Gasteiger charge is 2.18. The Labute approximate surface area is 113 Å². The average Bonchev–Trinajstić information content (AvgIpc) is 2.84. The van der Waals surface area contributed by atoms with E-state index in [0.717, 1.165) is 18.0 Å². The van der Waals surface area contributed by atoms with E-state index in [1.165, 1.54) is 31.7 Å². The van der Waals surface area contributed by atoms with Crippen molar-refractivity contribution in [2.24, 2.45) is 5.92 Å². The van der Waals surface area contributed by atoms with Crippen molar-refractivity contribution in [3.8, 4) is 0 Å². The van der Waals surface area contributed by atoms with Crippen LogP contribution in [0.1, 0.15) is 31.2 Å². The van der Waals surface area contributed by atoms with Gasteiger partial charge < -0.3 is 10.6 Å². The summed E-state index contributed by atoms with van der Waals surface area (Å²) in [6, 6.07) is 4.66. The molecule has 1 saturated carbocycles. The molecule has 0 atom stereocenters. The molecular formula is C14H21N3O2. The Morgan fingerprint density at radius 3 is 2.74 bits per heavy atom. The van der Waals surface area contributed by atoms with Gasteiger partial charge in [-0.3, -0.25) is 10.1 Å². The molecule has 5 heteroatoms. The SMILES string of the molecule is CN(Cc1cc([N+](=O)[O-])ccc1N)CC1CCCC1. The predicted molar refractivity (Wildman–Crippen MR) is 75.8 cm³/mol. The molecule has 0 radical (unpaired) electrons. The van der Waals surface area contributed by atoms with Gasteiger partial charge in [0.2, 0.25) is 0 Å². The number of non-ortho nitro benzene ring substituents is 1. The van der Waals surface area contributed by atoms with Crippen molar-refractivity contribution in [2.45, 2.75) is 32.2 Å². The van der Waals surface area contributed by atoms with Crippen molar-refractivity contribution in [3.05, 3.63) is 33.9 Å². The molecule has 0 unspecified atom stereocenters. The molecule has 0 heterocycles. The monoisotopic (exact) mass is 263 g/mol. The standard InChI is InChI=1S/C14H21N3O2/c1-16(9-11-4-2-3-5-11)10-12-8-13(17(18)19)6-7-14(12)15/h6-8,11H,2-5,9-10,15H2,1H3. The van der Waals surface area contributed by atoms with Crippen molar-refractivity contribution in [1.29, 1.82) is 0 Å². The van der Waals surface area contributed by atoms with E-state index in [1.807, 2.05) is 0 Å². The molecule has 0 amide bonds. The number of nitro benzene ring substituents is 1. The maximum atomic E-state index is 10.8. The molecule has 2 N–H and O–H groups in total. The Morgan fingerprint density at radius 1 is 1.42 bits per heavy atom. The number of hydrogen-bond acceptors (Lipinski definition) is 4. The summed E-state index contributed by atoms with van der Waals surface area (Å²) >= 11 is 0. The van der Waals surface area contributed by atoms with Crippen LogP contribution in [0.15, 0.2) is 18.2 Å². The summed E-state index contributed by atoms with van der Waals surface area (Å²) < 4.78 is 0. The fourth-order valence-electron chi connectivity index (χ4n) is 2.83. The van der Waals surface area contributed by atoms with Gasteiger partial charge in [0.25, 0.3) is 5.69 Å². The Hall–Kier alpha value is -1.62. The lowest BCUT2D eigenvalue weighted by Crippen LogP contribution is -2.24. The molecule has 1 fully saturated rings. The highest BCUT2D eigenvalue weighted by atomic mass is 16.6. The van der Waals surface area contributed by atoms with Crippen LogP contribution >= 0.6 is 0 Å². The van der Waals surface area contributed by atoms with E-state index in [-0.39, 0.29) is 10.6 Å². The van der Waals surface area contributed by atoms with Gasteiger partial charge in [-0.05, 0) is 37.4 Å². The van der Waals surface area contributed by atoms with Crippen molar-refractivity contribution in [1.82, 2.24) is 4.90 Å². The van der Waals surface area contributed by atoms with Crippen molar-refractivity contribution in [2.75, 3.05) is 19.3 Å². The first-order valence-electron chi connectivity index (χ1n) is 6.77. The van der Waals surface area contributed by atoms with E-state index in [1.54, 1.807) is 12.1 Å². The van der Waals surface area contributed by atoms with Crippen LogP contribution in [0.25, 0.3) is 0 Å². The first-order valence-corrected chi connectivity index (χ1v) is 6.77. The fourth-order valence-corrected chi connectivity index (χ4v) is 2.83. The number of nitrogens with two attached hydrogens (primary N) is 1. The van der Waals surface area contributed by atoms with E-state index < -0.39 is 0 Å². The molecule has 0 saturated heterocycles. The Balaban J connectivity index is 2.00. The van der Waals surface area contributed by atoms with Gasteiger partial charge in [-0.25, -0.2) is 0 Å². The van der Waals surface area contributed by atoms with Crippen LogP contribution in [0.4, 0.5) is 11.4 Å². The zero-order valence-corrected chi connectivity index (χ0v) is 11.3. The number of anilines is 1. The quantitative estimate of drug-likeness (QED) is 0.503. The Bertz CT molecular complexity index is 456. The maximum Gasteiger partial charge on any atom is 0.269 e. The van der Waals surface area contributed by atoms with Gasteiger partial charge >= 0.3 is 0 Å². The van der Waals surface area contributed by atoms with Crippen molar-refractivity contribution < 1.29 is 4.92 Å². The molecule has 0 bridgehead atoms. The average molecular weight is 263 g/mol. The first kappa shape index (κ1) is 13.8. The van der Waals surface area contributed by atoms with Crippen molar-refractivity contribution >= 4 is 11.4 Å². The van der Waals surface area contributed by atoms with Crippen LogP contribution < -0.4 is 5.73 Å². The molecule has 1 aliphatic carbocycles. The van der Waals surface area contributed by atoms with Gasteiger partial charge in [0, 0.05) is 30.9 Å². The molecule has 19 heavy (non-hydrogen) atoms. The maximum absolute atomic E-state index is 10.8. The largest absolute Gasteiger partial charge is 0.398 e. The highest BCUT2D eigenvalue weighted by Crippen LogP contribution is 2.26. The minimum atomic E-state index is -0.375. The van der Waals surface area contributed by atoms with Crippen LogP contribution in [0.2, 0.25) is 0 Å². The molecular weight excluding hydrogens is 242 g/mol. The Kier molecular flexibility index (Phi) is 4.37. The normalized spacial score (nSPS) is 16.1. The predicted octanol–water partition coefficient (Wildman–Crippen LogP) is 2.80. The number of nitro groups is 1. The van der Waals surface area contributed by atoms with E-state index in [4.69, 9.17) is 5.73 Å². The van der Waals surface area contributed by atoms with Crippen LogP contribution in [0, 0.1) is 16.0 Å². The smallest absolute Gasteiger partial charge is 0.269 e. The van der Waals surface area contributed by atoms with E-state index in [2.05, 4.69) is 11.9 Å². The summed E-state index contributed by atoms with van der Waals surface area (Å²) in [5, 5.41) is 10.8. The summed E-state index contributed by atoms with van der Waals surface area (Å²) in [5.74, 6) is 0.768. The lowest BCUT2D eigenvalue weighted by Gasteiger charge is -2.21. The second-order valence-electron chi connectivity index (χ2n) is 5.49. The first-order chi connectivity index (χ1) is 9.06. The third-order valence-corrected chi connectivity index (χ3v) is 3.82. The van der Waals surface area contributed by atoms with Gasteiger partial charge in [0.15, 0.2) is 0 Å². The molecule has 0 spiro atoms. The highest BCUT2D eigenvalue weighted by molar-refractivity contribution is 5.52. The molecule has 5 nitrogen and oxygen atoms in total. The van der Waals surface area contributed by atoms with Gasteiger partial charge in [-0.1, -0.05) is 12.8 Å². The summed E-state index contributed by atoms with van der Waals surface area (Å²) in [7, 11) is 2.05. The minimum Gasteiger partial charge on any atom is -0.398 e. The number of nitrogens with zero attached hydrogens (tertiary/aromatic N) is 2. The minimum absolute atomic E-state index is 0.110. The van der Waals surface area contributed by atoms with Crippen LogP contribution in [0.5, 0.6) is 0 Å². The van der Waals surface area contributed by atoms with E-state index >= 15 is 0 Å². The third-order valence-electron chi connectivity index (χ3n) is 3.82. The second-order valence-corrected chi connectivity index (χ2v) is 5.49. The molecule has 2 rings (SSSR count). The van der Waals surface area contributed by atoms with Gasteiger partial charge in [-0.15, -0.1) is 0 Å².